The van der Waals surface area contributed by atoms with Gasteiger partial charge in [-0.3, -0.25) is 10.1 Å². The van der Waals surface area contributed by atoms with Crippen LogP contribution in [0.3, 0.4) is 0 Å². The van der Waals surface area contributed by atoms with Gasteiger partial charge in [0.1, 0.15) is 4.90 Å². The van der Waals surface area contributed by atoms with Gasteiger partial charge in [-0.05, 0) is 30.3 Å². The van der Waals surface area contributed by atoms with Crippen molar-refractivity contribution in [1.82, 2.24) is 0 Å². The molecule has 0 amide bonds. The molecule has 9 heteroatoms. The number of benzene rings is 2. The van der Waals surface area contributed by atoms with Crippen molar-refractivity contribution in [1.29, 1.82) is 0 Å². The number of nitro groups is 1. The molecule has 0 saturated heterocycles. The maximum atomic E-state index is 11.7. The summed E-state index contributed by atoms with van der Waals surface area (Å²) in [5.41, 5.74) is -0.467. The Bertz CT molecular complexity index is 853. The highest BCUT2D eigenvalue weighted by molar-refractivity contribution is 7.99. The van der Waals surface area contributed by atoms with Gasteiger partial charge in [-0.15, -0.1) is 0 Å². The van der Waals surface area contributed by atoms with Crippen LogP contribution in [0.15, 0.2) is 51.1 Å². The fourth-order valence-electron chi connectivity index (χ4n) is 1.74. The average Bonchev–Trinajstić information content (AvgIpc) is 2.41. The molecule has 0 aliphatic rings. The molecule has 116 valence electrons. The molecule has 5 nitrogen and oxygen atoms in total. The zero-order valence-electron chi connectivity index (χ0n) is 11.1. The highest BCUT2D eigenvalue weighted by Gasteiger charge is 2.26. The summed E-state index contributed by atoms with van der Waals surface area (Å²) >= 11 is 12.9. The second-order valence-corrected chi connectivity index (χ2v) is 8.22. The first-order chi connectivity index (χ1) is 10.2. The lowest BCUT2D eigenvalue weighted by Crippen LogP contribution is -2.03. The van der Waals surface area contributed by atoms with E-state index in [-0.39, 0.29) is 9.79 Å². The molecule has 0 aromatic heterocycles. The summed E-state index contributed by atoms with van der Waals surface area (Å²) in [6.45, 7) is 0. The Hall–Kier alpha value is -1.28. The highest BCUT2D eigenvalue weighted by atomic mass is 35.5. The van der Waals surface area contributed by atoms with E-state index in [0.29, 0.717) is 14.9 Å². The Balaban J connectivity index is 2.61. The van der Waals surface area contributed by atoms with Crippen molar-refractivity contribution in [3.8, 4) is 0 Å². The minimum Gasteiger partial charge on any atom is -0.258 e. The first-order valence-electron chi connectivity index (χ1n) is 5.80. The predicted molar refractivity (Wildman–Crippen MR) is 86.8 cm³/mol. The molecule has 0 heterocycles. The largest absolute Gasteiger partial charge is 0.301 e. The molecule has 0 N–H and O–H groups in total. The molecular weight excluding hydrogens is 369 g/mol. The summed E-state index contributed by atoms with van der Waals surface area (Å²) in [6.07, 6.45) is 0.927. The Kier molecular flexibility index (Phi) is 5.01. The van der Waals surface area contributed by atoms with Crippen LogP contribution >= 0.6 is 35.0 Å². The minimum absolute atomic E-state index is 0.178. The molecule has 0 bridgehead atoms. The average molecular weight is 378 g/mol. The van der Waals surface area contributed by atoms with Crippen LogP contribution in [0, 0.1) is 10.1 Å². The second-order valence-electron chi connectivity index (χ2n) is 4.31. The number of halogens is 2. The summed E-state index contributed by atoms with van der Waals surface area (Å²) in [7, 11) is -3.73. The van der Waals surface area contributed by atoms with Crippen LogP contribution in [0.4, 0.5) is 5.69 Å². The number of rotatable bonds is 4. The van der Waals surface area contributed by atoms with Crippen molar-refractivity contribution in [2.24, 2.45) is 0 Å². The zero-order chi connectivity index (χ0) is 16.5. The molecule has 2 aromatic rings. The summed E-state index contributed by atoms with van der Waals surface area (Å²) < 4.78 is 23.4. The quantitative estimate of drug-likeness (QED) is 0.580. The van der Waals surface area contributed by atoms with Crippen molar-refractivity contribution in [2.75, 3.05) is 6.26 Å². The van der Waals surface area contributed by atoms with Gasteiger partial charge in [0.15, 0.2) is 9.84 Å². The van der Waals surface area contributed by atoms with Gasteiger partial charge < -0.3 is 0 Å². The molecule has 0 spiro atoms. The van der Waals surface area contributed by atoms with Gasteiger partial charge in [0.05, 0.1) is 14.8 Å². The fourth-order valence-corrected chi connectivity index (χ4v) is 4.15. The Labute approximate surface area is 141 Å². The molecule has 22 heavy (non-hydrogen) atoms. The lowest BCUT2D eigenvalue weighted by Gasteiger charge is -2.08. The lowest BCUT2D eigenvalue weighted by molar-refractivity contribution is -0.390. The summed E-state index contributed by atoms with van der Waals surface area (Å²) in [4.78, 5) is 10.9. The number of hydrogen-bond acceptors (Lipinski definition) is 5. The third-order valence-corrected chi connectivity index (χ3v) is 5.57. The van der Waals surface area contributed by atoms with Crippen LogP contribution in [0.5, 0.6) is 0 Å². The van der Waals surface area contributed by atoms with Crippen LogP contribution in [0.1, 0.15) is 0 Å². The lowest BCUT2D eigenvalue weighted by atomic mass is 10.3. The maximum absolute atomic E-state index is 11.7. The molecule has 0 unspecified atom stereocenters. The van der Waals surface area contributed by atoms with E-state index in [2.05, 4.69) is 0 Å². The Morgan fingerprint density at radius 3 is 2.41 bits per heavy atom. The normalized spacial score (nSPS) is 11.4. The standard InChI is InChI=1S/C13H9Cl2NO4S2/c1-22(19,20)12-4-2-3-10(13(12)16(17)18)21-11-7-8(14)5-6-9(11)15/h2-7H,1H3. The van der Waals surface area contributed by atoms with Crippen molar-refractivity contribution < 1.29 is 13.3 Å². The van der Waals surface area contributed by atoms with Crippen LogP contribution < -0.4 is 0 Å². The van der Waals surface area contributed by atoms with Crippen LogP contribution in [0.25, 0.3) is 0 Å². The first-order valence-corrected chi connectivity index (χ1v) is 9.27. The van der Waals surface area contributed by atoms with Crippen molar-refractivity contribution >= 4 is 50.5 Å². The van der Waals surface area contributed by atoms with E-state index in [9.17, 15) is 18.5 Å². The Morgan fingerprint density at radius 1 is 1.14 bits per heavy atom. The third kappa shape index (κ3) is 3.73. The summed E-state index contributed by atoms with van der Waals surface area (Å²) in [6, 6.07) is 8.84. The monoisotopic (exact) mass is 377 g/mol. The van der Waals surface area contributed by atoms with E-state index < -0.39 is 20.4 Å². The molecule has 0 fully saturated rings. The molecule has 2 aromatic carbocycles. The van der Waals surface area contributed by atoms with Gasteiger partial charge in [0.2, 0.25) is 0 Å². The van der Waals surface area contributed by atoms with Gasteiger partial charge in [0.25, 0.3) is 0 Å². The fraction of sp³-hybridized carbons (Fsp3) is 0.0769. The van der Waals surface area contributed by atoms with Crippen LogP contribution in [-0.4, -0.2) is 19.6 Å². The summed E-state index contributed by atoms with van der Waals surface area (Å²) in [5, 5.41) is 12.1. The van der Waals surface area contributed by atoms with Crippen molar-refractivity contribution in [3.05, 3.63) is 56.6 Å². The smallest absolute Gasteiger partial charge is 0.258 e. The van der Waals surface area contributed by atoms with Gasteiger partial charge in [-0.25, -0.2) is 8.42 Å². The Morgan fingerprint density at radius 2 is 1.82 bits per heavy atom. The van der Waals surface area contributed by atoms with Gasteiger partial charge in [0, 0.05) is 16.2 Å². The SMILES string of the molecule is CS(=O)(=O)c1cccc(Sc2cc(Cl)ccc2Cl)c1[N+](=O)[O-]. The van der Waals surface area contributed by atoms with Gasteiger partial charge in [-0.1, -0.05) is 41.0 Å². The van der Waals surface area contributed by atoms with Crippen LogP contribution in [0.2, 0.25) is 10.0 Å². The molecule has 0 aliphatic carbocycles. The predicted octanol–water partition coefficient (Wildman–Crippen LogP) is 4.46. The maximum Gasteiger partial charge on any atom is 0.301 e. The minimum atomic E-state index is -3.73. The van der Waals surface area contributed by atoms with E-state index in [1.165, 1.54) is 18.2 Å². The molecule has 0 atom stereocenters. The zero-order valence-corrected chi connectivity index (χ0v) is 14.3. The number of para-hydroxylation sites is 1. The highest BCUT2D eigenvalue weighted by Crippen LogP contribution is 2.41. The van der Waals surface area contributed by atoms with Gasteiger partial charge in [-0.2, -0.15) is 0 Å². The van der Waals surface area contributed by atoms with E-state index in [1.54, 1.807) is 18.2 Å². The number of hydrogen-bond donors (Lipinski definition) is 0. The number of sulfone groups is 1. The van der Waals surface area contributed by atoms with Crippen molar-refractivity contribution in [3.63, 3.8) is 0 Å². The third-order valence-electron chi connectivity index (χ3n) is 2.66. The number of nitrogens with zero attached hydrogens (tertiary/aromatic N) is 1. The molecular formula is C13H9Cl2NO4S2. The molecule has 2 rings (SSSR count). The summed E-state index contributed by atoms with van der Waals surface area (Å²) in [5.74, 6) is 0. The topological polar surface area (TPSA) is 77.3 Å². The van der Waals surface area contributed by atoms with E-state index in [1.807, 2.05) is 0 Å². The van der Waals surface area contributed by atoms with E-state index >= 15 is 0 Å². The number of nitro benzene ring substituents is 1. The van der Waals surface area contributed by atoms with Crippen LogP contribution in [-0.2, 0) is 9.84 Å². The van der Waals surface area contributed by atoms with E-state index in [4.69, 9.17) is 23.2 Å². The molecule has 0 radical (unpaired) electrons. The van der Waals surface area contributed by atoms with Gasteiger partial charge >= 0.3 is 5.69 Å². The molecule has 0 aliphatic heterocycles. The molecule has 0 saturated carbocycles. The van der Waals surface area contributed by atoms with Crippen molar-refractivity contribution in [2.45, 2.75) is 14.7 Å². The van der Waals surface area contributed by atoms with E-state index in [0.717, 1.165) is 18.0 Å². The second kappa shape index (κ2) is 6.45. The first kappa shape index (κ1) is 17.1.